The minimum atomic E-state index is -0.895. The molecule has 2 rings (SSSR count). The number of aromatic nitrogens is 1. The number of carboxylic acid groups (broad SMARTS) is 1. The number of benzene rings is 1. The number of carbonyl (C=O) groups is 1. The lowest BCUT2D eigenvalue weighted by Crippen LogP contribution is -1.99. The Morgan fingerprint density at radius 2 is 2.05 bits per heavy atom. The van der Waals surface area contributed by atoms with E-state index in [1.165, 1.54) is 0 Å². The summed E-state index contributed by atoms with van der Waals surface area (Å²) >= 11 is 0. The molecule has 0 bridgehead atoms. The van der Waals surface area contributed by atoms with E-state index in [1.54, 1.807) is 13.2 Å². The van der Waals surface area contributed by atoms with Crippen LogP contribution >= 0.6 is 0 Å². The second-order valence-corrected chi connectivity index (χ2v) is 4.77. The van der Waals surface area contributed by atoms with Crippen LogP contribution in [0.3, 0.4) is 0 Å². The van der Waals surface area contributed by atoms with E-state index < -0.39 is 5.97 Å². The van der Waals surface area contributed by atoms with E-state index in [4.69, 9.17) is 4.74 Å². The summed E-state index contributed by atoms with van der Waals surface area (Å²) < 4.78 is 7.23. The molecule has 106 valence electrons. The molecule has 20 heavy (non-hydrogen) atoms. The Morgan fingerprint density at radius 3 is 2.55 bits per heavy atom. The monoisotopic (exact) mass is 273 g/mol. The first-order valence-electron chi connectivity index (χ1n) is 6.56. The van der Waals surface area contributed by atoms with E-state index in [2.05, 4.69) is 13.0 Å². The molecule has 0 aliphatic rings. The first kappa shape index (κ1) is 14.2. The van der Waals surface area contributed by atoms with E-state index >= 15 is 0 Å². The number of hydrogen-bond donors (Lipinski definition) is 1. The second kappa shape index (κ2) is 5.41. The lowest BCUT2D eigenvalue weighted by molar-refractivity contribution is 0.0696. The Kier molecular flexibility index (Phi) is 3.84. The van der Waals surface area contributed by atoms with Crippen molar-refractivity contribution in [3.63, 3.8) is 0 Å². The van der Waals surface area contributed by atoms with Gasteiger partial charge in [-0.25, -0.2) is 4.79 Å². The van der Waals surface area contributed by atoms with Crippen molar-refractivity contribution in [2.45, 2.75) is 20.3 Å². The van der Waals surface area contributed by atoms with Crippen LogP contribution in [0.4, 0.5) is 0 Å². The highest BCUT2D eigenvalue weighted by molar-refractivity contribution is 5.91. The number of nitrogens with zero attached hydrogens (tertiary/aromatic N) is 1. The Bertz CT molecular complexity index is 656. The van der Waals surface area contributed by atoms with E-state index in [1.807, 2.05) is 30.7 Å². The molecule has 0 spiro atoms. The summed E-state index contributed by atoms with van der Waals surface area (Å²) in [5.41, 5.74) is 4.11. The van der Waals surface area contributed by atoms with Gasteiger partial charge in [-0.1, -0.05) is 6.92 Å². The molecule has 0 unspecified atom stereocenters. The average molecular weight is 273 g/mol. The number of hydrogen-bond acceptors (Lipinski definition) is 2. The van der Waals surface area contributed by atoms with Gasteiger partial charge in [0.05, 0.1) is 12.7 Å². The highest BCUT2D eigenvalue weighted by Crippen LogP contribution is 2.29. The van der Waals surface area contributed by atoms with Crippen LogP contribution in [0.25, 0.3) is 11.3 Å². The third-order valence-electron chi connectivity index (χ3n) is 3.72. The van der Waals surface area contributed by atoms with Gasteiger partial charge in [-0.05, 0) is 48.7 Å². The summed E-state index contributed by atoms with van der Waals surface area (Å²) in [6, 6.07) is 7.66. The predicted octanol–water partition coefficient (Wildman–Crippen LogP) is 3.27. The fourth-order valence-electron chi connectivity index (χ4n) is 2.41. The molecule has 4 heteroatoms. The maximum absolute atomic E-state index is 11.2. The molecule has 0 aliphatic heterocycles. The maximum Gasteiger partial charge on any atom is 0.337 e. The number of rotatable bonds is 4. The van der Waals surface area contributed by atoms with Crippen molar-refractivity contribution in [2.24, 2.45) is 7.05 Å². The molecule has 0 aliphatic carbocycles. The minimum Gasteiger partial charge on any atom is -0.496 e. The van der Waals surface area contributed by atoms with E-state index in [0.717, 1.165) is 34.7 Å². The number of aryl methyl sites for hydroxylation is 1. The van der Waals surface area contributed by atoms with Crippen LogP contribution in [0.1, 0.15) is 28.5 Å². The van der Waals surface area contributed by atoms with Crippen molar-refractivity contribution in [1.82, 2.24) is 4.57 Å². The summed E-state index contributed by atoms with van der Waals surface area (Å²) in [6.07, 6.45) is 0.867. The molecule has 0 fully saturated rings. The molecule has 0 saturated carbocycles. The SMILES string of the molecule is CCc1cc(-c2cc(C(=O)O)c(C)n2C)ccc1OC. The number of ether oxygens (including phenoxy) is 1. The summed E-state index contributed by atoms with van der Waals surface area (Å²) in [5, 5.41) is 9.20. The Labute approximate surface area is 118 Å². The molecule has 1 heterocycles. The number of methoxy groups -OCH3 is 1. The molecule has 0 saturated heterocycles. The summed E-state index contributed by atoms with van der Waals surface area (Å²) in [6.45, 7) is 3.89. The van der Waals surface area contributed by atoms with Gasteiger partial charge in [-0.2, -0.15) is 0 Å². The van der Waals surface area contributed by atoms with E-state index in [9.17, 15) is 9.90 Å². The van der Waals surface area contributed by atoms with Crippen molar-refractivity contribution in [3.8, 4) is 17.0 Å². The molecule has 1 aromatic carbocycles. The van der Waals surface area contributed by atoms with Crippen LogP contribution in [-0.4, -0.2) is 22.8 Å². The second-order valence-electron chi connectivity index (χ2n) is 4.77. The zero-order chi connectivity index (χ0) is 14.9. The van der Waals surface area contributed by atoms with Crippen molar-refractivity contribution in [3.05, 3.63) is 41.1 Å². The lowest BCUT2D eigenvalue weighted by atomic mass is 10.0. The quantitative estimate of drug-likeness (QED) is 0.930. The van der Waals surface area contributed by atoms with Crippen LogP contribution in [0.5, 0.6) is 5.75 Å². The molecule has 2 aromatic rings. The maximum atomic E-state index is 11.2. The Balaban J connectivity index is 2.57. The van der Waals surface area contributed by atoms with Crippen molar-refractivity contribution < 1.29 is 14.6 Å². The third-order valence-corrected chi connectivity index (χ3v) is 3.72. The first-order chi connectivity index (χ1) is 9.49. The lowest BCUT2D eigenvalue weighted by Gasteiger charge is -2.10. The molecule has 0 amide bonds. The summed E-state index contributed by atoms with van der Waals surface area (Å²) in [7, 11) is 3.54. The Morgan fingerprint density at radius 1 is 1.35 bits per heavy atom. The summed E-state index contributed by atoms with van der Waals surface area (Å²) in [5.74, 6) is -0.0331. The van der Waals surface area contributed by atoms with Gasteiger partial charge in [0.25, 0.3) is 0 Å². The van der Waals surface area contributed by atoms with Gasteiger partial charge in [-0.15, -0.1) is 0 Å². The van der Waals surface area contributed by atoms with Gasteiger partial charge in [0.2, 0.25) is 0 Å². The third kappa shape index (κ3) is 2.29. The van der Waals surface area contributed by atoms with Gasteiger partial charge in [0.15, 0.2) is 0 Å². The van der Waals surface area contributed by atoms with Crippen LogP contribution in [0.2, 0.25) is 0 Å². The molecule has 4 nitrogen and oxygen atoms in total. The van der Waals surface area contributed by atoms with Gasteiger partial charge < -0.3 is 14.4 Å². The van der Waals surface area contributed by atoms with Gasteiger partial charge in [0.1, 0.15) is 5.75 Å². The summed E-state index contributed by atoms with van der Waals surface area (Å²) in [4.78, 5) is 11.2. The highest BCUT2D eigenvalue weighted by Gasteiger charge is 2.16. The highest BCUT2D eigenvalue weighted by atomic mass is 16.5. The first-order valence-corrected chi connectivity index (χ1v) is 6.56. The van der Waals surface area contributed by atoms with Crippen LogP contribution in [0, 0.1) is 6.92 Å². The molecule has 1 N–H and O–H groups in total. The molecular weight excluding hydrogens is 254 g/mol. The zero-order valence-electron chi connectivity index (χ0n) is 12.2. The van der Waals surface area contributed by atoms with Crippen LogP contribution in [-0.2, 0) is 13.5 Å². The zero-order valence-corrected chi connectivity index (χ0v) is 12.2. The van der Waals surface area contributed by atoms with Gasteiger partial charge in [0, 0.05) is 18.4 Å². The normalized spacial score (nSPS) is 10.6. The molecule has 0 radical (unpaired) electrons. The standard InChI is InChI=1S/C16H19NO3/c1-5-11-8-12(6-7-15(11)20-4)14-9-13(16(18)19)10(2)17(14)3/h6-9H,5H2,1-4H3,(H,18,19). The molecule has 1 aromatic heterocycles. The topological polar surface area (TPSA) is 51.5 Å². The molecule has 0 atom stereocenters. The largest absolute Gasteiger partial charge is 0.496 e. The average Bonchev–Trinajstić information content (AvgIpc) is 2.74. The molecular formula is C16H19NO3. The van der Waals surface area contributed by atoms with Crippen LogP contribution in [0.15, 0.2) is 24.3 Å². The number of carboxylic acids is 1. The fraction of sp³-hybridized carbons (Fsp3) is 0.312. The van der Waals surface area contributed by atoms with E-state index in [0.29, 0.717) is 5.56 Å². The number of aromatic carboxylic acids is 1. The fourth-order valence-corrected chi connectivity index (χ4v) is 2.41. The Hall–Kier alpha value is -2.23. The van der Waals surface area contributed by atoms with Crippen molar-refractivity contribution in [1.29, 1.82) is 0 Å². The van der Waals surface area contributed by atoms with Crippen molar-refractivity contribution >= 4 is 5.97 Å². The predicted molar refractivity (Wildman–Crippen MR) is 78.5 cm³/mol. The van der Waals surface area contributed by atoms with Gasteiger partial charge >= 0.3 is 5.97 Å². The van der Waals surface area contributed by atoms with Gasteiger partial charge in [-0.3, -0.25) is 0 Å². The van der Waals surface area contributed by atoms with E-state index in [-0.39, 0.29) is 0 Å². The van der Waals surface area contributed by atoms with Crippen molar-refractivity contribution in [2.75, 3.05) is 7.11 Å². The smallest absolute Gasteiger partial charge is 0.337 e. The minimum absolute atomic E-state index is 0.344. The van der Waals surface area contributed by atoms with Crippen LogP contribution < -0.4 is 4.74 Å².